The molecule has 0 radical (unpaired) electrons. The first-order valence-electron chi connectivity index (χ1n) is 9.36. The normalized spacial score (nSPS) is 11.1. The van der Waals surface area contributed by atoms with Gasteiger partial charge in [-0.2, -0.15) is 9.36 Å². The Morgan fingerprint density at radius 2 is 1.80 bits per heavy atom. The summed E-state index contributed by atoms with van der Waals surface area (Å²) in [5.41, 5.74) is 4.07. The minimum Gasteiger partial charge on any atom is -0.297 e. The molecule has 2 heterocycles. The highest BCUT2D eigenvalue weighted by atomic mass is 35.5. The molecule has 1 N–H and O–H groups in total. The third-order valence-electron chi connectivity index (χ3n) is 4.66. The molecule has 0 atom stereocenters. The van der Waals surface area contributed by atoms with Gasteiger partial charge in [-0.25, -0.2) is 4.68 Å². The van der Waals surface area contributed by atoms with Crippen LogP contribution < -0.4 is 5.32 Å². The minimum absolute atomic E-state index is 0.278. The van der Waals surface area contributed by atoms with Gasteiger partial charge in [0, 0.05) is 22.1 Å². The van der Waals surface area contributed by atoms with E-state index >= 15 is 0 Å². The molecule has 0 saturated heterocycles. The summed E-state index contributed by atoms with van der Waals surface area (Å²) in [6.45, 7) is 6.23. The average Bonchev–Trinajstić information content (AvgIpc) is 3.34. The molecule has 4 rings (SSSR count). The molecule has 9 heteroatoms. The zero-order chi connectivity index (χ0) is 21.3. The fraction of sp³-hybridized carbons (Fsp3) is 0.190. The van der Waals surface area contributed by atoms with Crippen LogP contribution in [0, 0.1) is 6.92 Å². The van der Waals surface area contributed by atoms with Crippen molar-refractivity contribution in [1.82, 2.24) is 24.4 Å². The van der Waals surface area contributed by atoms with E-state index in [1.54, 1.807) is 28.9 Å². The quantitative estimate of drug-likeness (QED) is 0.467. The number of halogens is 1. The van der Waals surface area contributed by atoms with Gasteiger partial charge in [0.2, 0.25) is 5.13 Å². The topological polar surface area (TPSA) is 85.6 Å². The van der Waals surface area contributed by atoms with Gasteiger partial charge >= 0.3 is 0 Å². The molecule has 0 bridgehead atoms. The van der Waals surface area contributed by atoms with Crippen molar-refractivity contribution in [2.75, 3.05) is 5.32 Å². The Morgan fingerprint density at radius 1 is 1.10 bits per heavy atom. The number of nitrogens with one attached hydrogen (secondary N) is 1. The summed E-state index contributed by atoms with van der Waals surface area (Å²) >= 11 is 6.96. The number of carbonyl (C=O) groups excluding carboxylic acids is 1. The first kappa shape index (κ1) is 20.2. The van der Waals surface area contributed by atoms with E-state index in [0.29, 0.717) is 33.2 Å². The van der Waals surface area contributed by atoms with Crippen molar-refractivity contribution in [2.45, 2.75) is 26.7 Å². The van der Waals surface area contributed by atoms with Crippen LogP contribution in [0.4, 0.5) is 5.13 Å². The number of benzene rings is 2. The molecular formula is C21H19ClN6OS. The van der Waals surface area contributed by atoms with Crippen LogP contribution in [0.2, 0.25) is 5.02 Å². The molecule has 0 aliphatic rings. The maximum Gasteiger partial charge on any atom is 0.257 e. The molecule has 7 nitrogen and oxygen atoms in total. The van der Waals surface area contributed by atoms with Gasteiger partial charge in [0.25, 0.3) is 5.91 Å². The van der Waals surface area contributed by atoms with Crippen molar-refractivity contribution >= 4 is 34.2 Å². The molecule has 0 aliphatic carbocycles. The van der Waals surface area contributed by atoms with E-state index in [2.05, 4.69) is 51.0 Å². The zero-order valence-corrected chi connectivity index (χ0v) is 18.2. The third kappa shape index (κ3) is 4.10. The van der Waals surface area contributed by atoms with E-state index in [9.17, 15) is 4.79 Å². The van der Waals surface area contributed by atoms with E-state index in [1.165, 1.54) is 5.56 Å². The Labute approximate surface area is 182 Å². The Bertz CT molecular complexity index is 1180. The molecule has 0 fully saturated rings. The summed E-state index contributed by atoms with van der Waals surface area (Å²) in [7, 11) is 0. The van der Waals surface area contributed by atoms with Crippen LogP contribution >= 0.6 is 23.1 Å². The molecule has 0 spiro atoms. The van der Waals surface area contributed by atoms with Gasteiger partial charge in [0.1, 0.15) is 0 Å². The highest BCUT2D eigenvalue weighted by Gasteiger charge is 2.18. The first-order valence-corrected chi connectivity index (χ1v) is 10.5. The fourth-order valence-corrected chi connectivity index (χ4v) is 3.61. The van der Waals surface area contributed by atoms with Crippen molar-refractivity contribution in [3.05, 3.63) is 70.4 Å². The maximum atomic E-state index is 12.4. The predicted molar refractivity (Wildman–Crippen MR) is 118 cm³/mol. The molecule has 0 saturated carbocycles. The zero-order valence-electron chi connectivity index (χ0n) is 16.6. The molecular weight excluding hydrogens is 420 g/mol. The summed E-state index contributed by atoms with van der Waals surface area (Å²) in [4.78, 5) is 16.8. The lowest BCUT2D eigenvalue weighted by atomic mass is 10.0. The minimum atomic E-state index is -0.278. The second kappa shape index (κ2) is 8.33. The van der Waals surface area contributed by atoms with E-state index < -0.39 is 0 Å². The van der Waals surface area contributed by atoms with Crippen LogP contribution in [0.25, 0.3) is 17.2 Å². The van der Waals surface area contributed by atoms with Crippen molar-refractivity contribution in [3.63, 3.8) is 0 Å². The molecule has 0 unspecified atom stereocenters. The van der Waals surface area contributed by atoms with Crippen molar-refractivity contribution in [1.29, 1.82) is 0 Å². The maximum absolute atomic E-state index is 12.4. The standard InChI is InChI=1S/C21H19ClN6OS/c1-12(2)14-6-10-17(11-7-14)28-13(3)18(25-27-28)19-23-21(30-26-19)24-20(29)15-4-8-16(22)9-5-15/h4-12H,1-3H3,(H,23,24,26,29). The summed E-state index contributed by atoms with van der Waals surface area (Å²) in [5.74, 6) is 0.612. The summed E-state index contributed by atoms with van der Waals surface area (Å²) in [5, 5.41) is 12.2. The van der Waals surface area contributed by atoms with Crippen LogP contribution in [0.3, 0.4) is 0 Å². The number of amides is 1. The van der Waals surface area contributed by atoms with Gasteiger partial charge < -0.3 is 0 Å². The lowest BCUT2D eigenvalue weighted by Gasteiger charge is -2.07. The average molecular weight is 439 g/mol. The van der Waals surface area contributed by atoms with Gasteiger partial charge in [-0.15, -0.1) is 5.10 Å². The fourth-order valence-electron chi connectivity index (χ4n) is 2.92. The Balaban J connectivity index is 1.54. The van der Waals surface area contributed by atoms with Gasteiger partial charge in [0.15, 0.2) is 11.5 Å². The number of aromatic nitrogens is 5. The van der Waals surface area contributed by atoms with E-state index in [4.69, 9.17) is 11.6 Å². The Kier molecular flexibility index (Phi) is 5.61. The molecule has 2 aromatic heterocycles. The van der Waals surface area contributed by atoms with Crippen LogP contribution in [0.5, 0.6) is 0 Å². The van der Waals surface area contributed by atoms with E-state index in [-0.39, 0.29) is 5.91 Å². The van der Waals surface area contributed by atoms with Crippen LogP contribution in [0.1, 0.15) is 41.4 Å². The smallest absolute Gasteiger partial charge is 0.257 e. The highest BCUT2D eigenvalue weighted by Crippen LogP contribution is 2.25. The van der Waals surface area contributed by atoms with E-state index in [0.717, 1.165) is 22.9 Å². The molecule has 1 amide bonds. The molecule has 4 aromatic rings. The van der Waals surface area contributed by atoms with Crippen LogP contribution in [-0.4, -0.2) is 30.3 Å². The summed E-state index contributed by atoms with van der Waals surface area (Å²) in [6.07, 6.45) is 0. The molecule has 30 heavy (non-hydrogen) atoms. The number of nitrogens with zero attached hydrogens (tertiary/aromatic N) is 5. The molecule has 0 aliphatic heterocycles. The van der Waals surface area contributed by atoms with Gasteiger partial charge in [-0.3, -0.25) is 10.1 Å². The van der Waals surface area contributed by atoms with Crippen LogP contribution in [-0.2, 0) is 0 Å². The molecule has 2 aromatic carbocycles. The second-order valence-corrected chi connectivity index (χ2v) is 8.25. The highest BCUT2D eigenvalue weighted by molar-refractivity contribution is 7.10. The first-order chi connectivity index (χ1) is 14.4. The van der Waals surface area contributed by atoms with E-state index in [1.807, 2.05) is 19.1 Å². The number of rotatable bonds is 5. The predicted octanol–water partition coefficient (Wildman–Crippen LogP) is 5.12. The number of hydrogen-bond donors (Lipinski definition) is 1. The SMILES string of the molecule is Cc1c(-c2nsc(NC(=O)c3ccc(Cl)cc3)n2)nnn1-c1ccc(C(C)C)cc1. The van der Waals surface area contributed by atoms with Gasteiger partial charge in [-0.05, 0) is 54.8 Å². The Hall–Kier alpha value is -3.10. The summed E-state index contributed by atoms with van der Waals surface area (Å²) in [6, 6.07) is 14.9. The Morgan fingerprint density at radius 3 is 2.47 bits per heavy atom. The second-order valence-electron chi connectivity index (χ2n) is 7.07. The number of carbonyl (C=O) groups is 1. The van der Waals surface area contributed by atoms with Gasteiger partial charge in [0.05, 0.1) is 11.4 Å². The van der Waals surface area contributed by atoms with Gasteiger partial charge in [-0.1, -0.05) is 42.8 Å². The summed E-state index contributed by atoms with van der Waals surface area (Å²) < 4.78 is 6.09. The van der Waals surface area contributed by atoms with Crippen molar-refractivity contribution in [2.24, 2.45) is 0 Å². The third-order valence-corrected chi connectivity index (χ3v) is 5.55. The lowest BCUT2D eigenvalue weighted by Crippen LogP contribution is -2.11. The largest absolute Gasteiger partial charge is 0.297 e. The van der Waals surface area contributed by atoms with Crippen LogP contribution in [0.15, 0.2) is 48.5 Å². The monoisotopic (exact) mass is 438 g/mol. The lowest BCUT2D eigenvalue weighted by molar-refractivity contribution is 0.102. The van der Waals surface area contributed by atoms with Crippen molar-refractivity contribution < 1.29 is 4.79 Å². The number of anilines is 1. The van der Waals surface area contributed by atoms with Crippen molar-refractivity contribution in [3.8, 4) is 17.2 Å². The number of hydrogen-bond acceptors (Lipinski definition) is 6. The molecule has 152 valence electrons.